The second-order valence-corrected chi connectivity index (χ2v) is 5.25. The monoisotopic (exact) mass is 235 g/mol. The van der Waals surface area contributed by atoms with Gasteiger partial charge in [0.1, 0.15) is 0 Å². The van der Waals surface area contributed by atoms with Crippen LogP contribution in [-0.2, 0) is 5.41 Å². The molecule has 0 amide bonds. The van der Waals surface area contributed by atoms with Crippen LogP contribution in [0.5, 0.6) is 0 Å². The van der Waals surface area contributed by atoms with E-state index < -0.39 is 0 Å². The fourth-order valence-electron chi connectivity index (χ4n) is 2.00. The van der Waals surface area contributed by atoms with Crippen LogP contribution in [0.2, 0.25) is 0 Å². The molecule has 1 aromatic rings. The van der Waals surface area contributed by atoms with Gasteiger partial charge in [0.25, 0.3) is 0 Å². The first-order chi connectivity index (χ1) is 8.10. The minimum Gasteiger partial charge on any atom is -0.396 e. The Bertz CT molecular complexity index is 308. The molecule has 1 unspecified atom stereocenters. The number of hydrogen-bond acceptors (Lipinski definition) is 2. The lowest BCUT2D eigenvalue weighted by molar-refractivity contribution is 0.257. The van der Waals surface area contributed by atoms with E-state index in [2.05, 4.69) is 50.4 Å². The van der Waals surface area contributed by atoms with Gasteiger partial charge in [-0.15, -0.1) is 0 Å². The molecule has 2 heteroatoms. The van der Waals surface area contributed by atoms with Gasteiger partial charge in [0.15, 0.2) is 0 Å². The lowest BCUT2D eigenvalue weighted by Gasteiger charge is -2.28. The van der Waals surface area contributed by atoms with Crippen LogP contribution in [0.3, 0.4) is 0 Å². The predicted molar refractivity (Wildman–Crippen MR) is 73.3 cm³/mol. The van der Waals surface area contributed by atoms with Gasteiger partial charge in [0.2, 0.25) is 0 Å². The fourth-order valence-corrected chi connectivity index (χ4v) is 2.00. The average Bonchev–Trinajstić information content (AvgIpc) is 2.35. The molecule has 96 valence electrons. The summed E-state index contributed by atoms with van der Waals surface area (Å²) in [5.41, 5.74) is 1.48. The highest BCUT2D eigenvalue weighted by atomic mass is 16.3. The van der Waals surface area contributed by atoms with Crippen LogP contribution in [0.4, 0.5) is 0 Å². The van der Waals surface area contributed by atoms with E-state index in [-0.39, 0.29) is 12.0 Å². The minimum absolute atomic E-state index is 0.129. The first-order valence-corrected chi connectivity index (χ1v) is 6.50. The number of aliphatic hydroxyl groups is 1. The van der Waals surface area contributed by atoms with Crippen molar-refractivity contribution < 1.29 is 5.11 Å². The van der Waals surface area contributed by atoms with Crippen molar-refractivity contribution in [2.45, 2.75) is 45.1 Å². The lowest BCUT2D eigenvalue weighted by atomic mass is 9.84. The molecule has 0 spiro atoms. The van der Waals surface area contributed by atoms with E-state index in [1.807, 2.05) is 6.07 Å². The molecule has 0 fully saturated rings. The third-order valence-corrected chi connectivity index (χ3v) is 3.36. The quantitative estimate of drug-likeness (QED) is 0.761. The Balaban J connectivity index is 2.55. The van der Waals surface area contributed by atoms with Gasteiger partial charge in [-0.3, -0.25) is 0 Å². The Morgan fingerprint density at radius 2 is 1.88 bits per heavy atom. The van der Waals surface area contributed by atoms with Gasteiger partial charge in [-0.1, -0.05) is 51.1 Å². The van der Waals surface area contributed by atoms with Crippen LogP contribution >= 0.6 is 0 Å². The van der Waals surface area contributed by atoms with Gasteiger partial charge < -0.3 is 10.4 Å². The highest BCUT2D eigenvalue weighted by Crippen LogP contribution is 2.22. The predicted octanol–water partition coefficient (Wildman–Crippen LogP) is 2.71. The fraction of sp³-hybridized carbons (Fsp3) is 0.600. The van der Waals surface area contributed by atoms with E-state index >= 15 is 0 Å². The van der Waals surface area contributed by atoms with Crippen LogP contribution in [0.15, 0.2) is 30.3 Å². The number of nitrogens with one attached hydrogen (secondary N) is 1. The number of benzene rings is 1. The van der Waals surface area contributed by atoms with E-state index in [0.29, 0.717) is 6.04 Å². The molecule has 0 saturated carbocycles. The molecule has 17 heavy (non-hydrogen) atoms. The maximum Gasteiger partial charge on any atom is 0.0445 e. The van der Waals surface area contributed by atoms with Crippen molar-refractivity contribution in [3.05, 3.63) is 35.9 Å². The molecule has 0 heterocycles. The summed E-state index contributed by atoms with van der Waals surface area (Å²) in [5, 5.41) is 12.5. The molecule has 2 nitrogen and oxygen atoms in total. The molecular weight excluding hydrogens is 210 g/mol. The number of rotatable bonds is 7. The first kappa shape index (κ1) is 14.2. The van der Waals surface area contributed by atoms with Gasteiger partial charge in [-0.2, -0.15) is 0 Å². The van der Waals surface area contributed by atoms with Crippen molar-refractivity contribution in [1.29, 1.82) is 0 Å². The molecule has 0 aliphatic carbocycles. The number of hydrogen-bond donors (Lipinski definition) is 2. The molecule has 0 bridgehead atoms. The molecule has 1 rings (SSSR count). The van der Waals surface area contributed by atoms with Crippen molar-refractivity contribution in [3.63, 3.8) is 0 Å². The molecule has 1 aromatic carbocycles. The van der Waals surface area contributed by atoms with E-state index in [9.17, 15) is 0 Å². The Labute approximate surface area is 105 Å². The second kappa shape index (κ2) is 6.77. The standard InChI is InChI=1S/C15H25NO/c1-4-14(10-11-17)16-12-15(2,3)13-8-6-5-7-9-13/h5-9,14,16-17H,4,10-12H2,1-3H3. The molecule has 0 aliphatic heterocycles. The zero-order valence-electron chi connectivity index (χ0n) is 11.2. The summed E-state index contributed by atoms with van der Waals surface area (Å²) in [4.78, 5) is 0. The summed E-state index contributed by atoms with van der Waals surface area (Å²) in [5.74, 6) is 0. The average molecular weight is 235 g/mol. The Morgan fingerprint density at radius 3 is 2.41 bits per heavy atom. The summed E-state index contributed by atoms with van der Waals surface area (Å²) in [7, 11) is 0. The van der Waals surface area contributed by atoms with Crippen molar-refractivity contribution in [1.82, 2.24) is 5.32 Å². The normalized spacial score (nSPS) is 13.6. The summed E-state index contributed by atoms with van der Waals surface area (Å²) in [6.45, 7) is 7.86. The highest BCUT2D eigenvalue weighted by Gasteiger charge is 2.21. The summed E-state index contributed by atoms with van der Waals surface area (Å²) in [6.07, 6.45) is 1.90. The van der Waals surface area contributed by atoms with Crippen LogP contribution in [-0.4, -0.2) is 24.3 Å². The van der Waals surface area contributed by atoms with Crippen LogP contribution < -0.4 is 5.32 Å². The van der Waals surface area contributed by atoms with E-state index in [1.54, 1.807) is 0 Å². The van der Waals surface area contributed by atoms with Crippen LogP contribution in [0, 0.1) is 0 Å². The third-order valence-electron chi connectivity index (χ3n) is 3.36. The lowest BCUT2D eigenvalue weighted by Crippen LogP contribution is -2.39. The molecule has 1 atom stereocenters. The molecule has 0 radical (unpaired) electrons. The largest absolute Gasteiger partial charge is 0.396 e. The van der Waals surface area contributed by atoms with Gasteiger partial charge in [0.05, 0.1) is 0 Å². The molecule has 0 saturated heterocycles. The minimum atomic E-state index is 0.129. The van der Waals surface area contributed by atoms with Gasteiger partial charge in [-0.05, 0) is 18.4 Å². The topological polar surface area (TPSA) is 32.3 Å². The SMILES string of the molecule is CCC(CCO)NCC(C)(C)c1ccccc1. The third kappa shape index (κ3) is 4.49. The van der Waals surface area contributed by atoms with E-state index in [4.69, 9.17) is 5.11 Å². The van der Waals surface area contributed by atoms with Crippen LogP contribution in [0.1, 0.15) is 39.2 Å². The summed E-state index contributed by atoms with van der Waals surface area (Å²) in [6, 6.07) is 11.0. The number of aliphatic hydroxyl groups excluding tert-OH is 1. The highest BCUT2D eigenvalue weighted by molar-refractivity contribution is 5.23. The van der Waals surface area contributed by atoms with Crippen molar-refractivity contribution >= 4 is 0 Å². The maximum atomic E-state index is 8.97. The van der Waals surface area contributed by atoms with Gasteiger partial charge in [-0.25, -0.2) is 0 Å². The van der Waals surface area contributed by atoms with Crippen LogP contribution in [0.25, 0.3) is 0 Å². The maximum absolute atomic E-state index is 8.97. The van der Waals surface area contributed by atoms with Gasteiger partial charge in [0, 0.05) is 24.6 Å². The molecule has 2 N–H and O–H groups in total. The van der Waals surface area contributed by atoms with Crippen molar-refractivity contribution in [3.8, 4) is 0 Å². The smallest absolute Gasteiger partial charge is 0.0445 e. The van der Waals surface area contributed by atoms with Gasteiger partial charge >= 0.3 is 0 Å². The Morgan fingerprint density at radius 1 is 1.24 bits per heavy atom. The molecular formula is C15H25NO. The molecule has 0 aromatic heterocycles. The van der Waals surface area contributed by atoms with E-state index in [0.717, 1.165) is 19.4 Å². The van der Waals surface area contributed by atoms with Crippen molar-refractivity contribution in [2.75, 3.05) is 13.2 Å². The zero-order chi connectivity index (χ0) is 12.7. The Kier molecular flexibility index (Phi) is 5.66. The zero-order valence-corrected chi connectivity index (χ0v) is 11.2. The second-order valence-electron chi connectivity index (χ2n) is 5.25. The Hall–Kier alpha value is -0.860. The van der Waals surface area contributed by atoms with Crippen molar-refractivity contribution in [2.24, 2.45) is 0 Å². The van der Waals surface area contributed by atoms with E-state index in [1.165, 1.54) is 5.56 Å². The molecule has 0 aliphatic rings. The summed E-state index contributed by atoms with van der Waals surface area (Å²) >= 11 is 0. The summed E-state index contributed by atoms with van der Waals surface area (Å²) < 4.78 is 0. The first-order valence-electron chi connectivity index (χ1n) is 6.50.